The van der Waals surface area contributed by atoms with Gasteiger partial charge in [0.25, 0.3) is 0 Å². The number of phosphoric ester groups is 1. The number of carbonyl (C=O) groups excluding carboxylic acids is 2. The average molecular weight is 831 g/mol. The third kappa shape index (κ3) is 41.0. The summed E-state index contributed by atoms with van der Waals surface area (Å²) in [6.45, 7) is 2.22. The molecule has 0 aromatic rings. The van der Waals surface area contributed by atoms with E-state index in [1.54, 1.807) is 0 Å². The molecular weight excluding hydrogens is 743 g/mol. The molecule has 336 valence electrons. The van der Waals surface area contributed by atoms with Gasteiger partial charge in [0.05, 0.1) is 26.4 Å². The molecule has 0 heterocycles. The summed E-state index contributed by atoms with van der Waals surface area (Å²) in [5.74, 6) is -1.02. The number of hydrogen-bond donors (Lipinski definition) is 3. The number of ether oxygens (including phenoxy) is 2. The molecule has 0 aliphatic carbocycles. The molecule has 0 rings (SSSR count). The minimum absolute atomic E-state index is 0.189. The van der Waals surface area contributed by atoms with E-state index in [0.29, 0.717) is 12.8 Å². The minimum atomic E-state index is -4.64. The van der Waals surface area contributed by atoms with Crippen LogP contribution in [0.3, 0.4) is 0 Å². The summed E-state index contributed by atoms with van der Waals surface area (Å²) in [5, 5.41) is 19.2. The maximum Gasteiger partial charge on any atom is 0.472 e. The van der Waals surface area contributed by atoms with Crippen LogP contribution < -0.4 is 0 Å². The Labute approximate surface area is 348 Å². The summed E-state index contributed by atoms with van der Waals surface area (Å²) in [7, 11) is -4.64. The van der Waals surface area contributed by atoms with E-state index in [2.05, 4.69) is 38.2 Å². The van der Waals surface area contributed by atoms with Gasteiger partial charge in [0, 0.05) is 12.8 Å². The van der Waals surface area contributed by atoms with E-state index in [1.165, 1.54) is 128 Å². The first-order chi connectivity index (χ1) is 27.8. The van der Waals surface area contributed by atoms with Crippen molar-refractivity contribution in [2.75, 3.05) is 26.4 Å². The number of carbonyl (C=O) groups is 2. The lowest BCUT2D eigenvalue weighted by Gasteiger charge is -2.20. The number of esters is 2. The van der Waals surface area contributed by atoms with Gasteiger partial charge in [-0.15, -0.1) is 0 Å². The number of unbranched alkanes of at least 4 members (excludes halogenated alkanes) is 26. The Morgan fingerprint density at radius 2 is 0.719 bits per heavy atom. The standard InChI is InChI=1S/C46H87O10P/c1-3-5-7-9-11-13-15-17-19-21-23-25-27-29-31-33-35-37-45(49)55-43(39-47)41-53-57(51,52)54-42-44(40-48)56-46(50)38-36-34-32-30-28-26-24-22-20-18-16-14-12-10-8-6-4-2/h17-20,43-44,47-48H,3-16,21-42H2,1-2H3,(H,51,52)/b19-17-,20-18-. The van der Waals surface area contributed by atoms with Crippen molar-refractivity contribution in [1.82, 2.24) is 0 Å². The average Bonchev–Trinajstić information content (AvgIpc) is 3.20. The Hall–Kier alpha value is -1.55. The maximum atomic E-state index is 12.4. The molecule has 0 saturated carbocycles. The van der Waals surface area contributed by atoms with Crippen LogP contribution in [-0.2, 0) is 32.7 Å². The highest BCUT2D eigenvalue weighted by atomic mass is 31.2. The fourth-order valence-corrected chi connectivity index (χ4v) is 7.30. The van der Waals surface area contributed by atoms with Crippen LogP contribution in [0.15, 0.2) is 24.3 Å². The second-order valence-corrected chi connectivity index (χ2v) is 17.2. The van der Waals surface area contributed by atoms with Gasteiger partial charge in [-0.05, 0) is 64.2 Å². The zero-order valence-electron chi connectivity index (χ0n) is 36.6. The summed E-state index contributed by atoms with van der Waals surface area (Å²) in [4.78, 5) is 34.6. The van der Waals surface area contributed by atoms with E-state index in [4.69, 9.17) is 18.5 Å². The lowest BCUT2D eigenvalue weighted by molar-refractivity contribution is -0.153. The predicted octanol–water partition coefficient (Wildman–Crippen LogP) is 12.6. The number of hydrogen-bond acceptors (Lipinski definition) is 9. The smallest absolute Gasteiger partial charge is 0.457 e. The van der Waals surface area contributed by atoms with E-state index in [-0.39, 0.29) is 12.8 Å². The quantitative estimate of drug-likeness (QED) is 0.0234. The Kier molecular flexibility index (Phi) is 41.4. The number of rotatable bonds is 44. The van der Waals surface area contributed by atoms with Gasteiger partial charge in [-0.3, -0.25) is 18.6 Å². The van der Waals surface area contributed by atoms with Crippen molar-refractivity contribution >= 4 is 19.8 Å². The largest absolute Gasteiger partial charge is 0.472 e. The van der Waals surface area contributed by atoms with Crippen LogP contribution in [0.1, 0.15) is 219 Å². The molecule has 2 atom stereocenters. The Morgan fingerprint density at radius 3 is 1.00 bits per heavy atom. The lowest BCUT2D eigenvalue weighted by atomic mass is 10.1. The zero-order valence-corrected chi connectivity index (χ0v) is 37.5. The van der Waals surface area contributed by atoms with E-state index in [0.717, 1.165) is 51.4 Å². The van der Waals surface area contributed by atoms with E-state index in [1.807, 2.05) is 0 Å². The van der Waals surface area contributed by atoms with Crippen LogP contribution in [-0.4, -0.2) is 65.7 Å². The molecule has 57 heavy (non-hydrogen) atoms. The molecule has 3 N–H and O–H groups in total. The van der Waals surface area contributed by atoms with Gasteiger partial charge in [-0.1, -0.05) is 167 Å². The molecule has 0 aromatic heterocycles. The van der Waals surface area contributed by atoms with Crippen molar-refractivity contribution < 1.29 is 47.8 Å². The summed E-state index contributed by atoms with van der Waals surface area (Å²) < 4.78 is 32.6. The Balaban J connectivity index is 3.89. The van der Waals surface area contributed by atoms with Gasteiger partial charge < -0.3 is 24.6 Å². The van der Waals surface area contributed by atoms with Crippen molar-refractivity contribution in [1.29, 1.82) is 0 Å². The van der Waals surface area contributed by atoms with E-state index >= 15 is 0 Å². The maximum absolute atomic E-state index is 12.4. The second kappa shape index (κ2) is 42.6. The summed E-state index contributed by atoms with van der Waals surface area (Å²) in [6, 6.07) is 0. The first kappa shape index (κ1) is 55.5. The predicted molar refractivity (Wildman–Crippen MR) is 233 cm³/mol. The van der Waals surface area contributed by atoms with Gasteiger partial charge in [-0.2, -0.15) is 0 Å². The minimum Gasteiger partial charge on any atom is -0.457 e. The number of aliphatic hydroxyl groups excluding tert-OH is 2. The summed E-state index contributed by atoms with van der Waals surface area (Å²) in [5.41, 5.74) is 0. The third-order valence-electron chi connectivity index (χ3n) is 10.1. The monoisotopic (exact) mass is 831 g/mol. The molecule has 0 radical (unpaired) electrons. The van der Waals surface area contributed by atoms with E-state index < -0.39 is 58.4 Å². The topological polar surface area (TPSA) is 149 Å². The Bertz CT molecular complexity index is 930. The fraction of sp³-hybridized carbons (Fsp3) is 0.870. The van der Waals surface area contributed by atoms with Crippen molar-refractivity contribution in [3.63, 3.8) is 0 Å². The molecule has 0 aromatic carbocycles. The lowest BCUT2D eigenvalue weighted by Crippen LogP contribution is -2.28. The van der Waals surface area contributed by atoms with Crippen molar-refractivity contribution in [2.24, 2.45) is 0 Å². The van der Waals surface area contributed by atoms with Crippen LogP contribution in [0, 0.1) is 0 Å². The molecule has 0 aliphatic rings. The Morgan fingerprint density at radius 1 is 0.456 bits per heavy atom. The zero-order chi connectivity index (χ0) is 41.9. The molecule has 10 nitrogen and oxygen atoms in total. The van der Waals surface area contributed by atoms with Gasteiger partial charge in [0.15, 0.2) is 0 Å². The van der Waals surface area contributed by atoms with Crippen LogP contribution in [0.4, 0.5) is 0 Å². The first-order valence-electron chi connectivity index (χ1n) is 23.3. The highest BCUT2D eigenvalue weighted by Crippen LogP contribution is 2.43. The molecule has 0 saturated heterocycles. The van der Waals surface area contributed by atoms with Crippen molar-refractivity contribution in [2.45, 2.75) is 232 Å². The van der Waals surface area contributed by atoms with Crippen LogP contribution in [0.25, 0.3) is 0 Å². The molecular formula is C46H87O10P. The molecule has 0 aliphatic heterocycles. The summed E-state index contributed by atoms with van der Waals surface area (Å²) >= 11 is 0. The van der Waals surface area contributed by atoms with Crippen LogP contribution in [0.2, 0.25) is 0 Å². The van der Waals surface area contributed by atoms with Crippen molar-refractivity contribution in [3.05, 3.63) is 24.3 Å². The van der Waals surface area contributed by atoms with Gasteiger partial charge >= 0.3 is 19.8 Å². The highest BCUT2D eigenvalue weighted by molar-refractivity contribution is 7.47. The third-order valence-corrected chi connectivity index (χ3v) is 11.1. The molecule has 11 heteroatoms. The first-order valence-corrected chi connectivity index (χ1v) is 24.8. The highest BCUT2D eigenvalue weighted by Gasteiger charge is 2.27. The normalized spacial score (nSPS) is 14.0. The molecule has 0 fully saturated rings. The SMILES string of the molecule is CCCCCCCC/C=C\CCCCCCCCCC(=O)OC(CO)COP(=O)(O)OCC(CO)OC(=O)CCCCCCCCC/C=C\CCCCCCCC. The molecule has 0 amide bonds. The molecule has 0 spiro atoms. The van der Waals surface area contributed by atoms with Crippen LogP contribution in [0.5, 0.6) is 0 Å². The number of allylic oxidation sites excluding steroid dienone is 4. The van der Waals surface area contributed by atoms with Gasteiger partial charge in [0.1, 0.15) is 12.2 Å². The van der Waals surface area contributed by atoms with E-state index in [9.17, 15) is 29.3 Å². The molecule has 0 bridgehead atoms. The number of phosphoric acid groups is 1. The second-order valence-electron chi connectivity index (χ2n) is 15.7. The summed E-state index contributed by atoms with van der Waals surface area (Å²) in [6.07, 6.45) is 42.9. The van der Waals surface area contributed by atoms with Crippen LogP contribution >= 0.6 is 7.82 Å². The number of aliphatic hydroxyl groups is 2. The molecule has 2 unspecified atom stereocenters. The van der Waals surface area contributed by atoms with Gasteiger partial charge in [-0.25, -0.2) is 4.57 Å². The van der Waals surface area contributed by atoms with Crippen molar-refractivity contribution in [3.8, 4) is 0 Å². The van der Waals surface area contributed by atoms with Gasteiger partial charge in [0.2, 0.25) is 0 Å². The fourth-order valence-electron chi connectivity index (χ4n) is 6.52.